The van der Waals surface area contributed by atoms with Gasteiger partial charge in [-0.15, -0.1) is 0 Å². The van der Waals surface area contributed by atoms with Crippen molar-refractivity contribution in [2.45, 2.75) is 58.5 Å². The van der Waals surface area contributed by atoms with Crippen LogP contribution in [0.25, 0.3) is 0 Å². The van der Waals surface area contributed by atoms with Crippen LogP contribution in [0.1, 0.15) is 42.4 Å². The summed E-state index contributed by atoms with van der Waals surface area (Å²) in [5.41, 5.74) is 9.94. The second kappa shape index (κ2) is 9.76. The van der Waals surface area contributed by atoms with Crippen molar-refractivity contribution in [2.75, 3.05) is 6.26 Å². The Morgan fingerprint density at radius 1 is 1.09 bits per heavy atom. The van der Waals surface area contributed by atoms with Crippen LogP contribution in [0, 0.1) is 20.8 Å². The van der Waals surface area contributed by atoms with Crippen molar-refractivity contribution < 1.29 is 27.9 Å². The minimum Gasteiger partial charge on any atom is -0.326 e. The molecule has 1 saturated carbocycles. The van der Waals surface area contributed by atoms with Crippen LogP contribution < -0.4 is 10.5 Å². The molecule has 22 heavy (non-hydrogen) atoms. The number of sulfonamides is 1. The molecule has 4 nitrogen and oxygen atoms in total. The van der Waals surface area contributed by atoms with E-state index in [1.807, 2.05) is 0 Å². The fraction of sp³-hybridized carbons (Fsp3) is 0.625. The van der Waals surface area contributed by atoms with Gasteiger partial charge in [-0.05, 0) is 50.3 Å². The Bertz CT molecular complexity index is 541. The number of benzene rings is 1. The predicted molar refractivity (Wildman–Crippen MR) is 88.9 cm³/mol. The van der Waals surface area contributed by atoms with Crippen LogP contribution >= 0.6 is 0 Å². The Morgan fingerprint density at radius 3 is 2.00 bits per heavy atom. The summed E-state index contributed by atoms with van der Waals surface area (Å²) in [6.07, 6.45) is 5.15. The van der Waals surface area contributed by atoms with Crippen LogP contribution in [0.15, 0.2) is 18.2 Å². The normalized spacial score (nSPS) is 21.3. The molecular weight excluding hydrogens is 385 g/mol. The minimum atomic E-state index is -3.09. The van der Waals surface area contributed by atoms with Crippen molar-refractivity contribution in [3.63, 3.8) is 0 Å². The van der Waals surface area contributed by atoms with E-state index in [4.69, 9.17) is 5.73 Å². The molecule has 0 heterocycles. The molecular formula is C16H28N2O2RuS. The standard InChI is InChI=1S/C9H12.C7H16N2O2S.Ru/c1-7-5-4-6-8(2)9(7)3;1-12(10,11)9-7-5-3-2-4-6(7)8;/h4-6H,1-3H3;6-7,9H,2-5,8H2,1H3;/t;6-,7-;/m.0./s1. The zero-order valence-electron chi connectivity index (χ0n) is 13.9. The number of rotatable bonds is 2. The molecule has 2 rings (SSSR count). The van der Waals surface area contributed by atoms with Gasteiger partial charge in [0.2, 0.25) is 10.0 Å². The summed E-state index contributed by atoms with van der Waals surface area (Å²) in [4.78, 5) is 0. The van der Waals surface area contributed by atoms with E-state index in [2.05, 4.69) is 43.7 Å². The zero-order chi connectivity index (χ0) is 16.0. The molecule has 0 radical (unpaired) electrons. The molecule has 1 fully saturated rings. The van der Waals surface area contributed by atoms with E-state index in [9.17, 15) is 8.42 Å². The molecule has 128 valence electrons. The zero-order valence-corrected chi connectivity index (χ0v) is 16.4. The molecule has 0 spiro atoms. The molecule has 2 atom stereocenters. The maximum Gasteiger partial charge on any atom is 0.209 e. The van der Waals surface area contributed by atoms with Crippen LogP contribution in [-0.4, -0.2) is 26.8 Å². The molecule has 3 N–H and O–H groups in total. The Labute approximate surface area is 148 Å². The molecule has 1 aliphatic carbocycles. The van der Waals surface area contributed by atoms with Gasteiger partial charge in [0, 0.05) is 31.6 Å². The Morgan fingerprint density at radius 2 is 1.59 bits per heavy atom. The van der Waals surface area contributed by atoms with Gasteiger partial charge in [0.05, 0.1) is 6.26 Å². The van der Waals surface area contributed by atoms with Gasteiger partial charge in [0.1, 0.15) is 0 Å². The van der Waals surface area contributed by atoms with Gasteiger partial charge in [-0.3, -0.25) is 0 Å². The Hall–Kier alpha value is -0.287. The van der Waals surface area contributed by atoms with Crippen LogP contribution in [0.3, 0.4) is 0 Å². The molecule has 1 aliphatic rings. The van der Waals surface area contributed by atoms with Gasteiger partial charge < -0.3 is 5.73 Å². The third-order valence-electron chi connectivity index (χ3n) is 4.06. The minimum absolute atomic E-state index is 0. The third-order valence-corrected chi connectivity index (χ3v) is 4.79. The summed E-state index contributed by atoms with van der Waals surface area (Å²) in [7, 11) is -3.09. The van der Waals surface area contributed by atoms with E-state index < -0.39 is 10.0 Å². The maximum absolute atomic E-state index is 10.9. The van der Waals surface area contributed by atoms with E-state index >= 15 is 0 Å². The molecule has 1 aromatic rings. The topological polar surface area (TPSA) is 72.2 Å². The van der Waals surface area contributed by atoms with E-state index in [1.54, 1.807) is 0 Å². The third kappa shape index (κ3) is 7.82. The van der Waals surface area contributed by atoms with Crippen molar-refractivity contribution in [1.82, 2.24) is 4.72 Å². The van der Waals surface area contributed by atoms with Gasteiger partial charge in [-0.25, -0.2) is 13.1 Å². The number of hydrogen-bond donors (Lipinski definition) is 2. The summed E-state index contributed by atoms with van der Waals surface area (Å²) < 4.78 is 24.3. The number of hydrogen-bond acceptors (Lipinski definition) is 3. The Balaban J connectivity index is 0.000000397. The molecule has 0 unspecified atom stereocenters. The average molecular weight is 414 g/mol. The summed E-state index contributed by atoms with van der Waals surface area (Å²) in [5, 5.41) is 0. The van der Waals surface area contributed by atoms with Crippen molar-refractivity contribution in [1.29, 1.82) is 0 Å². The summed E-state index contributed by atoms with van der Waals surface area (Å²) in [6.45, 7) is 6.44. The molecule has 0 amide bonds. The van der Waals surface area contributed by atoms with Gasteiger partial charge in [-0.2, -0.15) is 0 Å². The molecule has 0 aliphatic heterocycles. The number of nitrogens with one attached hydrogen (secondary N) is 1. The molecule has 6 heteroatoms. The van der Waals surface area contributed by atoms with Gasteiger partial charge in [0.15, 0.2) is 0 Å². The van der Waals surface area contributed by atoms with Crippen LogP contribution in [-0.2, 0) is 29.5 Å². The Kier molecular flexibility index (Phi) is 9.64. The second-order valence-corrected chi connectivity index (χ2v) is 7.74. The monoisotopic (exact) mass is 414 g/mol. The first kappa shape index (κ1) is 21.7. The van der Waals surface area contributed by atoms with Crippen LogP contribution in [0.4, 0.5) is 0 Å². The van der Waals surface area contributed by atoms with Crippen molar-refractivity contribution in [3.8, 4) is 0 Å². The van der Waals surface area contributed by atoms with E-state index in [0.717, 1.165) is 25.7 Å². The molecule has 0 saturated heterocycles. The van der Waals surface area contributed by atoms with E-state index in [-0.39, 0.29) is 31.6 Å². The summed E-state index contributed by atoms with van der Waals surface area (Å²) in [5.74, 6) is 0. The summed E-state index contributed by atoms with van der Waals surface area (Å²) in [6, 6.07) is 6.32. The first-order valence-electron chi connectivity index (χ1n) is 7.46. The molecule has 1 aromatic carbocycles. The molecule has 0 bridgehead atoms. The first-order chi connectivity index (χ1) is 9.70. The van der Waals surface area contributed by atoms with E-state index in [0.29, 0.717) is 0 Å². The van der Waals surface area contributed by atoms with Crippen molar-refractivity contribution in [3.05, 3.63) is 34.9 Å². The van der Waals surface area contributed by atoms with Gasteiger partial charge >= 0.3 is 0 Å². The van der Waals surface area contributed by atoms with Crippen molar-refractivity contribution >= 4 is 10.0 Å². The van der Waals surface area contributed by atoms with Crippen LogP contribution in [0.5, 0.6) is 0 Å². The molecule has 0 aromatic heterocycles. The fourth-order valence-electron chi connectivity index (χ4n) is 2.48. The predicted octanol–water partition coefficient (Wildman–Crippen LogP) is 2.41. The van der Waals surface area contributed by atoms with Gasteiger partial charge in [0.25, 0.3) is 0 Å². The smallest absolute Gasteiger partial charge is 0.209 e. The first-order valence-corrected chi connectivity index (χ1v) is 9.35. The SMILES string of the molecule is CS(=O)(=O)N[C@H]1CCCC[C@@H]1N.Cc1cccc(C)c1C.[Ru]. The number of nitrogens with two attached hydrogens (primary N) is 1. The maximum atomic E-state index is 10.9. The van der Waals surface area contributed by atoms with Gasteiger partial charge in [-0.1, -0.05) is 31.0 Å². The average Bonchev–Trinajstić information content (AvgIpc) is 2.38. The fourth-order valence-corrected chi connectivity index (χ4v) is 3.32. The van der Waals surface area contributed by atoms with E-state index in [1.165, 1.54) is 22.9 Å². The van der Waals surface area contributed by atoms with Crippen molar-refractivity contribution in [2.24, 2.45) is 5.73 Å². The second-order valence-electron chi connectivity index (χ2n) is 5.96. The quantitative estimate of drug-likeness (QED) is 0.732. The largest absolute Gasteiger partial charge is 0.326 e. The number of aryl methyl sites for hydroxylation is 2. The van der Waals surface area contributed by atoms with Crippen LogP contribution in [0.2, 0.25) is 0 Å². The summed E-state index contributed by atoms with van der Waals surface area (Å²) >= 11 is 0.